The Kier molecular flexibility index (Phi) is 4.92. The van der Waals surface area contributed by atoms with Gasteiger partial charge in [-0.1, -0.05) is 0 Å². The number of methoxy groups -OCH3 is 2. The number of nitro groups is 1. The fourth-order valence-electron chi connectivity index (χ4n) is 3.59. The first-order chi connectivity index (χ1) is 15.0. The van der Waals surface area contributed by atoms with E-state index >= 15 is 0 Å². The Morgan fingerprint density at radius 3 is 2.58 bits per heavy atom. The molecule has 0 radical (unpaired) electrons. The number of non-ortho nitro benzene ring substituents is 1. The predicted molar refractivity (Wildman–Crippen MR) is 110 cm³/mol. The molecule has 1 unspecified atom stereocenters. The third kappa shape index (κ3) is 3.28. The summed E-state index contributed by atoms with van der Waals surface area (Å²) in [6.07, 6.45) is 0. The highest BCUT2D eigenvalue weighted by Crippen LogP contribution is 2.48. The second-order valence-electron chi connectivity index (χ2n) is 6.65. The summed E-state index contributed by atoms with van der Waals surface area (Å²) < 4.78 is 16.5. The number of nitrogens with two attached hydrogens (primary N) is 1. The van der Waals surface area contributed by atoms with Crippen LogP contribution in [0.2, 0.25) is 0 Å². The molecule has 1 atom stereocenters. The van der Waals surface area contributed by atoms with E-state index < -0.39 is 10.8 Å². The number of nitrogens with zero attached hydrogens (tertiary/aromatic N) is 3. The molecule has 1 aliphatic rings. The zero-order chi connectivity index (χ0) is 22.1. The molecule has 3 aromatic rings. The first-order valence-corrected chi connectivity index (χ1v) is 9.11. The molecule has 0 saturated heterocycles. The van der Waals surface area contributed by atoms with Crippen LogP contribution < -0.4 is 19.9 Å². The molecule has 4 rings (SSSR count). The summed E-state index contributed by atoms with van der Waals surface area (Å²) in [4.78, 5) is 10.5. The lowest BCUT2D eigenvalue weighted by atomic mass is 9.82. The van der Waals surface area contributed by atoms with E-state index in [9.17, 15) is 15.4 Å². The lowest BCUT2D eigenvalue weighted by molar-refractivity contribution is -0.384. The number of H-pyrrole nitrogens is 1. The Labute approximate surface area is 176 Å². The topological polar surface area (TPSA) is 149 Å². The van der Waals surface area contributed by atoms with E-state index in [1.807, 2.05) is 0 Å². The molecule has 0 fully saturated rings. The van der Waals surface area contributed by atoms with Crippen LogP contribution in [0.3, 0.4) is 0 Å². The number of nitriles is 1. The number of aromatic amines is 1. The molecule has 1 aliphatic heterocycles. The third-order valence-corrected chi connectivity index (χ3v) is 5.05. The van der Waals surface area contributed by atoms with Crippen LogP contribution in [-0.2, 0) is 0 Å². The standard InChI is InChI=1S/C21H17N5O5/c1-29-13-7-8-16(30-2)14(9-13)17-15(10-22)20(23)31-21-18(17)19(24-25-21)11-3-5-12(6-4-11)26(27)28/h3-9,17H,23H2,1-2H3,(H,24,25). The Morgan fingerprint density at radius 2 is 1.97 bits per heavy atom. The summed E-state index contributed by atoms with van der Waals surface area (Å²) in [5.74, 6) is 0.573. The molecular formula is C21H17N5O5. The van der Waals surface area contributed by atoms with Gasteiger partial charge < -0.3 is 19.9 Å². The maximum atomic E-state index is 11.0. The Bertz CT molecular complexity index is 1240. The van der Waals surface area contributed by atoms with E-state index in [0.717, 1.165) is 0 Å². The number of aromatic nitrogens is 2. The summed E-state index contributed by atoms with van der Waals surface area (Å²) >= 11 is 0. The van der Waals surface area contributed by atoms with E-state index in [2.05, 4.69) is 16.3 Å². The number of ether oxygens (including phenoxy) is 3. The zero-order valence-corrected chi connectivity index (χ0v) is 16.6. The van der Waals surface area contributed by atoms with E-state index in [-0.39, 0.29) is 23.0 Å². The molecule has 1 aromatic heterocycles. The largest absolute Gasteiger partial charge is 0.497 e. The van der Waals surface area contributed by atoms with E-state index in [1.165, 1.54) is 26.4 Å². The normalized spacial score (nSPS) is 14.9. The first-order valence-electron chi connectivity index (χ1n) is 9.11. The van der Waals surface area contributed by atoms with E-state index in [1.54, 1.807) is 30.3 Å². The lowest BCUT2D eigenvalue weighted by Crippen LogP contribution is -2.21. The molecule has 10 nitrogen and oxygen atoms in total. The Morgan fingerprint density at radius 1 is 1.23 bits per heavy atom. The average molecular weight is 419 g/mol. The summed E-state index contributed by atoms with van der Waals surface area (Å²) in [6.45, 7) is 0. The van der Waals surface area contributed by atoms with Crippen molar-refractivity contribution in [1.82, 2.24) is 10.2 Å². The smallest absolute Gasteiger partial charge is 0.269 e. The van der Waals surface area contributed by atoms with Gasteiger partial charge in [0.2, 0.25) is 11.8 Å². The minimum atomic E-state index is -0.664. The van der Waals surface area contributed by atoms with Gasteiger partial charge in [-0.2, -0.15) is 5.26 Å². The molecular weight excluding hydrogens is 402 g/mol. The van der Waals surface area contributed by atoms with Gasteiger partial charge in [-0.3, -0.25) is 15.2 Å². The first kappa shape index (κ1) is 19.8. The number of rotatable bonds is 5. The molecule has 0 spiro atoms. The fraction of sp³-hybridized carbons (Fsp3) is 0.143. The van der Waals surface area contributed by atoms with Gasteiger partial charge in [0, 0.05) is 23.3 Å². The van der Waals surface area contributed by atoms with Crippen LogP contribution in [0.25, 0.3) is 11.3 Å². The maximum Gasteiger partial charge on any atom is 0.269 e. The third-order valence-electron chi connectivity index (χ3n) is 5.05. The summed E-state index contributed by atoms with van der Waals surface area (Å²) in [7, 11) is 3.06. The second kappa shape index (κ2) is 7.72. The predicted octanol–water partition coefficient (Wildman–Crippen LogP) is 3.22. The van der Waals surface area contributed by atoms with Crippen molar-refractivity contribution >= 4 is 5.69 Å². The molecule has 3 N–H and O–H groups in total. The van der Waals surface area contributed by atoms with Gasteiger partial charge in [0.05, 0.1) is 36.3 Å². The van der Waals surface area contributed by atoms with Gasteiger partial charge in [-0.15, -0.1) is 5.10 Å². The molecule has 0 aliphatic carbocycles. The number of nitrogens with one attached hydrogen (secondary N) is 1. The highest BCUT2D eigenvalue weighted by atomic mass is 16.6. The van der Waals surface area contributed by atoms with Crippen LogP contribution in [-0.4, -0.2) is 29.3 Å². The van der Waals surface area contributed by atoms with Crippen LogP contribution in [0.5, 0.6) is 17.4 Å². The monoisotopic (exact) mass is 419 g/mol. The van der Waals surface area contributed by atoms with Crippen LogP contribution in [0.15, 0.2) is 53.9 Å². The van der Waals surface area contributed by atoms with Gasteiger partial charge in [0.25, 0.3) is 5.69 Å². The highest BCUT2D eigenvalue weighted by Gasteiger charge is 2.37. The van der Waals surface area contributed by atoms with Crippen molar-refractivity contribution in [2.75, 3.05) is 14.2 Å². The van der Waals surface area contributed by atoms with Gasteiger partial charge in [-0.05, 0) is 30.3 Å². The van der Waals surface area contributed by atoms with Gasteiger partial charge in [0.15, 0.2) is 0 Å². The lowest BCUT2D eigenvalue weighted by Gasteiger charge is -2.25. The number of benzene rings is 2. The van der Waals surface area contributed by atoms with Crippen molar-refractivity contribution in [1.29, 1.82) is 5.26 Å². The van der Waals surface area contributed by atoms with Crippen LogP contribution in [0.4, 0.5) is 5.69 Å². The van der Waals surface area contributed by atoms with Crippen LogP contribution in [0, 0.1) is 21.4 Å². The summed E-state index contributed by atoms with van der Waals surface area (Å²) in [5.41, 5.74) is 8.54. The zero-order valence-electron chi connectivity index (χ0n) is 16.6. The fourth-order valence-corrected chi connectivity index (χ4v) is 3.59. The molecule has 0 saturated carbocycles. The van der Waals surface area contributed by atoms with Gasteiger partial charge in [-0.25, -0.2) is 0 Å². The minimum Gasteiger partial charge on any atom is -0.497 e. The minimum absolute atomic E-state index is 0.0405. The number of hydrogen-bond donors (Lipinski definition) is 2. The molecule has 2 heterocycles. The second-order valence-corrected chi connectivity index (χ2v) is 6.65. The Balaban J connectivity index is 1.95. The average Bonchev–Trinajstić information content (AvgIpc) is 3.20. The van der Waals surface area contributed by atoms with Crippen molar-refractivity contribution < 1.29 is 19.1 Å². The van der Waals surface area contributed by atoms with Crippen molar-refractivity contribution in [2.24, 2.45) is 5.73 Å². The van der Waals surface area contributed by atoms with E-state index in [4.69, 9.17) is 19.9 Å². The number of allylic oxidation sites excluding steroid dienone is 1. The van der Waals surface area contributed by atoms with Crippen LogP contribution >= 0.6 is 0 Å². The SMILES string of the molecule is COc1ccc(OC)c(C2C(C#N)=C(N)Oc3n[nH]c(-c4ccc([N+](=O)[O-])cc4)c32)c1. The quantitative estimate of drug-likeness (QED) is 0.473. The maximum absolute atomic E-state index is 11.0. The molecule has 0 bridgehead atoms. The number of nitro benzene ring substituents is 1. The number of hydrogen-bond acceptors (Lipinski definition) is 8. The number of fused-ring (bicyclic) bond motifs is 1. The van der Waals surface area contributed by atoms with Crippen molar-refractivity contribution in [3.63, 3.8) is 0 Å². The van der Waals surface area contributed by atoms with Gasteiger partial charge >= 0.3 is 0 Å². The van der Waals surface area contributed by atoms with Gasteiger partial charge in [0.1, 0.15) is 23.1 Å². The molecule has 10 heteroatoms. The Hall–Kier alpha value is -4.52. The van der Waals surface area contributed by atoms with Crippen LogP contribution in [0.1, 0.15) is 17.0 Å². The van der Waals surface area contributed by atoms with Crippen molar-refractivity contribution in [3.8, 4) is 34.7 Å². The van der Waals surface area contributed by atoms with Crippen molar-refractivity contribution in [3.05, 3.63) is 75.2 Å². The molecule has 31 heavy (non-hydrogen) atoms. The van der Waals surface area contributed by atoms with E-state index in [0.29, 0.717) is 33.9 Å². The molecule has 2 aromatic carbocycles. The summed E-state index contributed by atoms with van der Waals surface area (Å²) in [6, 6.07) is 13.3. The summed E-state index contributed by atoms with van der Waals surface area (Å²) in [5, 5.41) is 28.0. The highest BCUT2D eigenvalue weighted by molar-refractivity contribution is 5.72. The molecule has 0 amide bonds. The van der Waals surface area contributed by atoms with Crippen molar-refractivity contribution in [2.45, 2.75) is 5.92 Å². The molecule has 156 valence electrons.